The molecule has 0 radical (unpaired) electrons. The van der Waals surface area contributed by atoms with E-state index in [2.05, 4.69) is 4.52 Å². The summed E-state index contributed by atoms with van der Waals surface area (Å²) in [5.74, 6) is -0.0591. The van der Waals surface area contributed by atoms with Crippen molar-refractivity contribution < 1.29 is 33.5 Å². The number of nitrogens with zero attached hydrogens (tertiary/aromatic N) is 1. The zero-order valence-electron chi connectivity index (χ0n) is 12.1. The average Bonchev–Trinajstić information content (AvgIpc) is 2.81. The van der Waals surface area contributed by atoms with E-state index >= 15 is 0 Å². The van der Waals surface area contributed by atoms with Crippen LogP contribution in [-0.2, 0) is 18.3 Å². The molecule has 1 fully saturated rings. The number of phosphoric acid groups is 1. The van der Waals surface area contributed by atoms with Gasteiger partial charge in [-0.3, -0.25) is 23.4 Å². The predicted molar refractivity (Wildman–Crippen MR) is 79.7 cm³/mol. The lowest BCUT2D eigenvalue weighted by atomic mass is 10.1. The van der Waals surface area contributed by atoms with E-state index in [-0.39, 0.29) is 12.5 Å². The van der Waals surface area contributed by atoms with E-state index in [1.165, 1.54) is 0 Å². The summed E-state index contributed by atoms with van der Waals surface area (Å²) in [6.07, 6.45) is -4.52. The normalized spacial score (nSPS) is 29.5. The molecule has 1 saturated heterocycles. The summed E-state index contributed by atoms with van der Waals surface area (Å²) in [5, 5.41) is 19.6. The minimum absolute atomic E-state index is 0.0591. The summed E-state index contributed by atoms with van der Waals surface area (Å²) in [4.78, 5) is 34.4. The van der Waals surface area contributed by atoms with Gasteiger partial charge in [0.15, 0.2) is 6.23 Å². The number of ether oxygens (including phenoxy) is 1. The number of hydrogen-bond acceptors (Lipinski definition) is 8. The van der Waals surface area contributed by atoms with Gasteiger partial charge >= 0.3 is 13.5 Å². The highest BCUT2D eigenvalue weighted by molar-refractivity contribution is 7.47. The SMILES string of the molecule is O=c1ccn([C@@H]2O[C@H](CO)[C@@H](OP(=O)(O)OCCCl)[C@H]2O)c(=O)[nH]1. The number of aliphatic hydroxyl groups excluding tert-OH is 2. The van der Waals surface area contributed by atoms with E-state index in [4.69, 9.17) is 20.9 Å². The number of halogens is 1. The molecule has 0 amide bonds. The lowest BCUT2D eigenvalue weighted by Gasteiger charge is -2.22. The summed E-state index contributed by atoms with van der Waals surface area (Å²) < 4.78 is 27.3. The lowest BCUT2D eigenvalue weighted by Crippen LogP contribution is -2.38. The van der Waals surface area contributed by atoms with Crippen LogP contribution in [0.1, 0.15) is 6.23 Å². The fourth-order valence-corrected chi connectivity index (χ4v) is 3.32. The first kappa shape index (κ1) is 19.3. The van der Waals surface area contributed by atoms with Gasteiger partial charge in [-0.25, -0.2) is 9.36 Å². The van der Waals surface area contributed by atoms with E-state index in [0.29, 0.717) is 0 Å². The van der Waals surface area contributed by atoms with E-state index < -0.39 is 50.2 Å². The Hall–Kier alpha value is -1.04. The summed E-state index contributed by atoms with van der Waals surface area (Å²) >= 11 is 5.35. The van der Waals surface area contributed by atoms with Crippen molar-refractivity contribution in [2.45, 2.75) is 24.5 Å². The Morgan fingerprint density at radius 1 is 1.46 bits per heavy atom. The van der Waals surface area contributed by atoms with Gasteiger partial charge in [0.05, 0.1) is 13.2 Å². The standard InChI is InChI=1S/C11H16ClN2O9P/c12-2-4-21-24(19,20)23-9-6(5-15)22-10(8(9)17)14-3-1-7(16)13-11(14)18/h1,3,6,8-10,15,17H,2,4-5H2,(H,19,20)(H,13,16,18)/t6-,8-,9-,10-/m1/s1. The first-order chi connectivity index (χ1) is 11.3. The third-order valence-corrected chi connectivity index (χ3v) is 4.37. The molecule has 1 aromatic rings. The molecule has 5 atom stereocenters. The van der Waals surface area contributed by atoms with E-state index in [9.17, 15) is 29.3 Å². The minimum atomic E-state index is -4.56. The Morgan fingerprint density at radius 2 is 2.17 bits per heavy atom. The molecule has 2 rings (SSSR count). The monoisotopic (exact) mass is 386 g/mol. The lowest BCUT2D eigenvalue weighted by molar-refractivity contribution is -0.0550. The van der Waals surface area contributed by atoms with Crippen LogP contribution >= 0.6 is 19.4 Å². The first-order valence-corrected chi connectivity index (χ1v) is 8.79. The van der Waals surface area contributed by atoms with Crippen molar-refractivity contribution in [2.75, 3.05) is 19.1 Å². The van der Waals surface area contributed by atoms with Crippen molar-refractivity contribution in [1.82, 2.24) is 9.55 Å². The van der Waals surface area contributed by atoms with Gasteiger partial charge in [0.1, 0.15) is 18.3 Å². The third-order valence-electron chi connectivity index (χ3n) is 3.20. The van der Waals surface area contributed by atoms with Gasteiger partial charge in [-0.05, 0) is 0 Å². The Morgan fingerprint density at radius 3 is 2.75 bits per heavy atom. The maximum absolute atomic E-state index is 11.8. The van der Waals surface area contributed by atoms with Crippen molar-refractivity contribution in [3.63, 3.8) is 0 Å². The predicted octanol–water partition coefficient (Wildman–Crippen LogP) is -1.47. The van der Waals surface area contributed by atoms with Crippen molar-refractivity contribution >= 4 is 19.4 Å². The Balaban J connectivity index is 2.23. The van der Waals surface area contributed by atoms with Gasteiger partial charge in [-0.1, -0.05) is 0 Å². The number of aromatic amines is 1. The highest BCUT2D eigenvalue weighted by Crippen LogP contribution is 2.48. The molecule has 1 aliphatic rings. The minimum Gasteiger partial charge on any atom is -0.394 e. The van der Waals surface area contributed by atoms with Crippen LogP contribution in [0, 0.1) is 0 Å². The first-order valence-electron chi connectivity index (χ1n) is 6.76. The van der Waals surface area contributed by atoms with Gasteiger partial charge in [0.25, 0.3) is 5.56 Å². The number of phosphoric ester groups is 1. The Labute approximate surface area is 140 Å². The Bertz CT molecular complexity index is 722. The van der Waals surface area contributed by atoms with Crippen LogP contribution in [0.5, 0.6) is 0 Å². The van der Waals surface area contributed by atoms with E-state index in [0.717, 1.165) is 16.8 Å². The van der Waals surface area contributed by atoms with Crippen LogP contribution in [0.3, 0.4) is 0 Å². The second kappa shape index (κ2) is 7.89. The molecule has 1 aliphatic heterocycles. The largest absolute Gasteiger partial charge is 0.472 e. The molecule has 1 aromatic heterocycles. The highest BCUT2D eigenvalue weighted by atomic mass is 35.5. The van der Waals surface area contributed by atoms with Crippen LogP contribution in [0.15, 0.2) is 21.9 Å². The summed E-state index contributed by atoms with van der Waals surface area (Å²) in [5.41, 5.74) is -1.51. The second-order valence-electron chi connectivity index (χ2n) is 4.82. The third kappa shape index (κ3) is 4.32. The number of rotatable bonds is 7. The summed E-state index contributed by atoms with van der Waals surface area (Å²) in [6, 6.07) is 1.03. The molecule has 2 heterocycles. The summed E-state index contributed by atoms with van der Waals surface area (Å²) in [7, 11) is -4.56. The molecule has 13 heteroatoms. The van der Waals surface area contributed by atoms with Gasteiger partial charge in [0, 0.05) is 18.1 Å². The molecule has 0 aliphatic carbocycles. The molecule has 0 aromatic carbocycles. The Kier molecular flexibility index (Phi) is 6.34. The molecule has 11 nitrogen and oxygen atoms in total. The highest BCUT2D eigenvalue weighted by Gasteiger charge is 2.48. The molecule has 1 unspecified atom stereocenters. The van der Waals surface area contributed by atoms with Gasteiger partial charge in [-0.2, -0.15) is 0 Å². The molecule has 0 spiro atoms. The zero-order valence-corrected chi connectivity index (χ0v) is 13.8. The number of aliphatic hydroxyl groups is 2. The van der Waals surface area contributed by atoms with Crippen LogP contribution in [0.4, 0.5) is 0 Å². The number of nitrogens with one attached hydrogen (secondary N) is 1. The van der Waals surface area contributed by atoms with Crippen molar-refractivity contribution in [3.05, 3.63) is 33.1 Å². The molecule has 4 N–H and O–H groups in total. The summed E-state index contributed by atoms with van der Waals surface area (Å²) in [6.45, 7) is -0.933. The quantitative estimate of drug-likeness (QED) is 0.324. The van der Waals surface area contributed by atoms with Crippen LogP contribution in [-0.4, -0.2) is 62.1 Å². The van der Waals surface area contributed by atoms with Crippen LogP contribution < -0.4 is 11.2 Å². The number of hydrogen-bond donors (Lipinski definition) is 4. The van der Waals surface area contributed by atoms with Crippen LogP contribution in [0.2, 0.25) is 0 Å². The molecule has 0 bridgehead atoms. The van der Waals surface area contributed by atoms with Gasteiger partial charge in [0.2, 0.25) is 0 Å². The zero-order chi connectivity index (χ0) is 17.9. The van der Waals surface area contributed by atoms with Crippen molar-refractivity contribution in [2.24, 2.45) is 0 Å². The van der Waals surface area contributed by atoms with Crippen molar-refractivity contribution in [1.29, 1.82) is 0 Å². The number of alkyl halides is 1. The molecular formula is C11H16ClN2O9P. The maximum Gasteiger partial charge on any atom is 0.472 e. The molecule has 24 heavy (non-hydrogen) atoms. The molecular weight excluding hydrogens is 371 g/mol. The van der Waals surface area contributed by atoms with Crippen molar-refractivity contribution in [3.8, 4) is 0 Å². The molecule has 136 valence electrons. The van der Waals surface area contributed by atoms with Crippen LogP contribution in [0.25, 0.3) is 0 Å². The maximum atomic E-state index is 11.8. The van der Waals surface area contributed by atoms with Gasteiger partial charge in [-0.15, -0.1) is 11.6 Å². The van der Waals surface area contributed by atoms with E-state index in [1.807, 2.05) is 4.98 Å². The number of H-pyrrole nitrogens is 1. The molecule has 0 saturated carbocycles. The average molecular weight is 387 g/mol. The van der Waals surface area contributed by atoms with Gasteiger partial charge < -0.3 is 19.8 Å². The second-order valence-corrected chi connectivity index (χ2v) is 6.60. The number of aromatic nitrogens is 2. The fraction of sp³-hybridized carbons (Fsp3) is 0.636. The smallest absolute Gasteiger partial charge is 0.394 e. The fourth-order valence-electron chi connectivity index (χ4n) is 2.19. The van der Waals surface area contributed by atoms with E-state index in [1.54, 1.807) is 0 Å². The topological polar surface area (TPSA) is 160 Å².